The van der Waals surface area contributed by atoms with Crippen LogP contribution in [0.1, 0.15) is 18.1 Å². The third kappa shape index (κ3) is 3.85. The first-order valence-electron chi connectivity index (χ1n) is 7.83. The SMILES string of the molecule is CCS(=O)(=O)c1cccnc1-c1noc(-c2cc(C)cc(C(F)(F)F)c2)n1. The minimum absolute atomic E-state index is 0.0157. The van der Waals surface area contributed by atoms with Crippen LogP contribution in [-0.2, 0) is 16.0 Å². The van der Waals surface area contributed by atoms with Crippen LogP contribution in [0.4, 0.5) is 13.2 Å². The van der Waals surface area contributed by atoms with Crippen LogP contribution < -0.4 is 0 Å². The zero-order valence-electron chi connectivity index (χ0n) is 14.3. The second-order valence-corrected chi connectivity index (χ2v) is 8.01. The Morgan fingerprint density at radius 1 is 1.19 bits per heavy atom. The molecule has 0 aliphatic heterocycles. The van der Waals surface area contributed by atoms with Crippen molar-refractivity contribution in [3.63, 3.8) is 0 Å². The van der Waals surface area contributed by atoms with Gasteiger partial charge in [0.2, 0.25) is 5.82 Å². The quantitative estimate of drug-likeness (QED) is 0.663. The lowest BCUT2D eigenvalue weighted by Crippen LogP contribution is -2.07. The highest BCUT2D eigenvalue weighted by molar-refractivity contribution is 7.91. The van der Waals surface area contributed by atoms with E-state index in [0.717, 1.165) is 12.1 Å². The molecular formula is C17H14F3N3O3S. The van der Waals surface area contributed by atoms with Gasteiger partial charge in [0.1, 0.15) is 5.69 Å². The second-order valence-electron chi connectivity index (χ2n) is 5.76. The minimum atomic E-state index is -4.52. The fraction of sp³-hybridized carbons (Fsp3) is 0.235. The molecule has 0 saturated heterocycles. The normalized spacial score (nSPS) is 12.3. The van der Waals surface area contributed by atoms with Crippen LogP contribution in [0.25, 0.3) is 23.0 Å². The van der Waals surface area contributed by atoms with Gasteiger partial charge in [-0.25, -0.2) is 8.42 Å². The summed E-state index contributed by atoms with van der Waals surface area (Å²) in [7, 11) is -3.60. The topological polar surface area (TPSA) is 86.0 Å². The van der Waals surface area contributed by atoms with Gasteiger partial charge in [-0.05, 0) is 42.8 Å². The molecule has 10 heteroatoms. The zero-order chi connectivity index (χ0) is 19.8. The van der Waals surface area contributed by atoms with Crippen molar-refractivity contribution < 1.29 is 26.1 Å². The average molecular weight is 397 g/mol. The van der Waals surface area contributed by atoms with Gasteiger partial charge < -0.3 is 4.52 Å². The molecule has 6 nitrogen and oxygen atoms in total. The number of sulfone groups is 1. The van der Waals surface area contributed by atoms with Crippen molar-refractivity contribution in [3.8, 4) is 23.0 Å². The van der Waals surface area contributed by atoms with Crippen molar-refractivity contribution in [3.05, 3.63) is 47.7 Å². The predicted molar refractivity (Wildman–Crippen MR) is 90.4 cm³/mol. The van der Waals surface area contributed by atoms with Gasteiger partial charge in [-0.3, -0.25) is 4.98 Å². The molecule has 0 unspecified atom stereocenters. The summed E-state index contributed by atoms with van der Waals surface area (Å²) in [5, 5.41) is 3.70. The molecule has 3 rings (SSSR count). The largest absolute Gasteiger partial charge is 0.416 e. The maximum Gasteiger partial charge on any atom is 0.416 e. The number of hydrogen-bond donors (Lipinski definition) is 0. The highest BCUT2D eigenvalue weighted by atomic mass is 32.2. The summed E-state index contributed by atoms with van der Waals surface area (Å²) >= 11 is 0. The van der Waals surface area contributed by atoms with E-state index in [2.05, 4.69) is 15.1 Å². The third-order valence-corrected chi connectivity index (χ3v) is 5.53. The molecule has 0 radical (unpaired) electrons. The number of halogens is 3. The van der Waals surface area contributed by atoms with E-state index in [1.54, 1.807) is 0 Å². The van der Waals surface area contributed by atoms with Crippen molar-refractivity contribution in [2.24, 2.45) is 0 Å². The van der Waals surface area contributed by atoms with Crippen LogP contribution in [-0.4, -0.2) is 29.3 Å². The van der Waals surface area contributed by atoms with Gasteiger partial charge >= 0.3 is 6.18 Å². The molecule has 0 aliphatic rings. The maximum atomic E-state index is 13.0. The third-order valence-electron chi connectivity index (χ3n) is 3.78. The molecule has 0 spiro atoms. The summed E-state index contributed by atoms with van der Waals surface area (Å²) in [4.78, 5) is 7.98. The molecule has 0 bridgehead atoms. The molecular weight excluding hydrogens is 383 g/mol. The molecule has 0 N–H and O–H groups in total. The van der Waals surface area contributed by atoms with Gasteiger partial charge in [-0.15, -0.1) is 0 Å². The molecule has 3 aromatic rings. The average Bonchev–Trinajstić information content (AvgIpc) is 3.10. The van der Waals surface area contributed by atoms with Crippen LogP contribution in [0, 0.1) is 6.92 Å². The van der Waals surface area contributed by atoms with Crippen LogP contribution in [0.15, 0.2) is 45.9 Å². The number of nitrogens with zero attached hydrogens (tertiary/aromatic N) is 3. The van der Waals surface area contributed by atoms with Gasteiger partial charge in [0, 0.05) is 11.8 Å². The fourth-order valence-corrected chi connectivity index (χ4v) is 3.51. The highest BCUT2D eigenvalue weighted by Gasteiger charge is 2.31. The summed E-state index contributed by atoms with van der Waals surface area (Å²) in [6.07, 6.45) is -3.15. The standard InChI is InChI=1S/C17H14F3N3O3S/c1-3-27(24,25)13-5-4-6-21-14(13)15-22-16(26-23-15)11-7-10(2)8-12(9-11)17(18,19)20/h4-9H,3H2,1-2H3. The summed E-state index contributed by atoms with van der Waals surface area (Å²) in [5.74, 6) is -0.430. The lowest BCUT2D eigenvalue weighted by molar-refractivity contribution is -0.137. The number of aryl methyl sites for hydroxylation is 1. The Morgan fingerprint density at radius 2 is 1.93 bits per heavy atom. The second kappa shape index (κ2) is 6.76. The van der Waals surface area contributed by atoms with Crippen LogP contribution >= 0.6 is 0 Å². The van der Waals surface area contributed by atoms with E-state index >= 15 is 0 Å². The van der Waals surface area contributed by atoms with Gasteiger partial charge in [0.15, 0.2) is 9.84 Å². The van der Waals surface area contributed by atoms with Gasteiger partial charge in [0.05, 0.1) is 16.2 Å². The molecule has 142 valence electrons. The van der Waals surface area contributed by atoms with Crippen LogP contribution in [0.5, 0.6) is 0 Å². The number of pyridine rings is 1. The minimum Gasteiger partial charge on any atom is -0.334 e. The lowest BCUT2D eigenvalue weighted by Gasteiger charge is -2.08. The first-order valence-corrected chi connectivity index (χ1v) is 9.48. The van der Waals surface area contributed by atoms with E-state index in [9.17, 15) is 21.6 Å². The molecule has 27 heavy (non-hydrogen) atoms. The lowest BCUT2D eigenvalue weighted by atomic mass is 10.1. The molecule has 0 fully saturated rings. The molecule has 0 atom stereocenters. The molecule has 2 aromatic heterocycles. The van der Waals surface area contributed by atoms with Gasteiger partial charge in [-0.1, -0.05) is 12.1 Å². The first kappa shape index (κ1) is 19.0. The number of hydrogen-bond acceptors (Lipinski definition) is 6. The van der Waals surface area contributed by atoms with Crippen molar-refractivity contribution in [2.75, 3.05) is 5.75 Å². The maximum absolute atomic E-state index is 13.0. The number of alkyl halides is 3. The van der Waals surface area contributed by atoms with E-state index < -0.39 is 21.6 Å². The van der Waals surface area contributed by atoms with Crippen molar-refractivity contribution in [1.29, 1.82) is 0 Å². The van der Waals surface area contributed by atoms with Crippen molar-refractivity contribution in [2.45, 2.75) is 24.9 Å². The zero-order valence-corrected chi connectivity index (χ0v) is 15.1. The Balaban J connectivity index is 2.09. The monoisotopic (exact) mass is 397 g/mol. The van der Waals surface area contributed by atoms with Crippen LogP contribution in [0.2, 0.25) is 0 Å². The number of benzene rings is 1. The Morgan fingerprint density at radius 3 is 2.59 bits per heavy atom. The Hall–Kier alpha value is -2.75. The van der Waals surface area contributed by atoms with Crippen LogP contribution in [0.3, 0.4) is 0 Å². The number of aromatic nitrogens is 3. The summed E-state index contributed by atoms with van der Waals surface area (Å²) in [6.45, 7) is 3.00. The summed E-state index contributed by atoms with van der Waals surface area (Å²) < 4.78 is 68.5. The molecule has 2 heterocycles. The fourth-order valence-electron chi connectivity index (χ4n) is 2.47. The van der Waals surface area contributed by atoms with E-state index in [1.165, 1.54) is 38.2 Å². The Labute approximate surface area is 153 Å². The molecule has 1 aromatic carbocycles. The summed E-state index contributed by atoms with van der Waals surface area (Å²) in [6, 6.07) is 6.20. The van der Waals surface area contributed by atoms with E-state index in [1.807, 2.05) is 0 Å². The first-order chi connectivity index (χ1) is 12.6. The van der Waals surface area contributed by atoms with E-state index in [4.69, 9.17) is 4.52 Å². The highest BCUT2D eigenvalue weighted by Crippen LogP contribution is 2.33. The van der Waals surface area contributed by atoms with E-state index in [0.29, 0.717) is 5.56 Å². The predicted octanol–water partition coefficient (Wildman–Crippen LogP) is 3.92. The summed E-state index contributed by atoms with van der Waals surface area (Å²) in [5.41, 5.74) is -0.411. The van der Waals surface area contributed by atoms with Crippen molar-refractivity contribution in [1.82, 2.24) is 15.1 Å². The molecule has 0 aliphatic carbocycles. The van der Waals surface area contributed by atoms with Crippen molar-refractivity contribution >= 4 is 9.84 Å². The number of rotatable bonds is 4. The smallest absolute Gasteiger partial charge is 0.334 e. The van der Waals surface area contributed by atoms with Gasteiger partial charge in [-0.2, -0.15) is 18.2 Å². The molecule has 0 amide bonds. The molecule has 0 saturated carbocycles. The van der Waals surface area contributed by atoms with Gasteiger partial charge in [0.25, 0.3) is 5.89 Å². The Kier molecular flexibility index (Phi) is 4.77. The Bertz CT molecular complexity index is 1090. The van der Waals surface area contributed by atoms with E-state index in [-0.39, 0.29) is 33.6 Å².